The van der Waals surface area contributed by atoms with Crippen LogP contribution in [0.25, 0.3) is 0 Å². The van der Waals surface area contributed by atoms with Gasteiger partial charge < -0.3 is 9.64 Å². The Morgan fingerprint density at radius 2 is 1.85 bits per heavy atom. The Balaban J connectivity index is 2.69. The van der Waals surface area contributed by atoms with Gasteiger partial charge in [-0.05, 0) is 39.0 Å². The lowest BCUT2D eigenvalue weighted by molar-refractivity contribution is -0.154. The number of carbonyl (C=O) groups is 1. The van der Waals surface area contributed by atoms with Gasteiger partial charge in [-0.3, -0.25) is 10.1 Å². The first-order chi connectivity index (χ1) is 9.43. The molecule has 118 valence electrons. The van der Waals surface area contributed by atoms with E-state index in [-0.39, 0.29) is 5.97 Å². The topological polar surface area (TPSA) is 41.6 Å². The van der Waals surface area contributed by atoms with Crippen LogP contribution in [0.5, 0.6) is 0 Å². The smallest absolute Gasteiger partial charge is 0.326 e. The first-order valence-corrected chi connectivity index (χ1v) is 8.10. The van der Waals surface area contributed by atoms with Gasteiger partial charge in [0.15, 0.2) is 0 Å². The molecule has 20 heavy (non-hydrogen) atoms. The molecular weight excluding hydrogens is 252 g/mol. The molecule has 1 aliphatic heterocycles. The molecule has 1 aliphatic rings. The van der Waals surface area contributed by atoms with E-state index in [9.17, 15) is 4.79 Å². The van der Waals surface area contributed by atoms with Gasteiger partial charge in [0, 0.05) is 25.7 Å². The Hall–Kier alpha value is -0.610. The predicted octanol–water partition coefficient (Wildman–Crippen LogP) is 2.43. The lowest BCUT2D eigenvalue weighted by Gasteiger charge is -2.42. The molecule has 4 nitrogen and oxygen atoms in total. The van der Waals surface area contributed by atoms with E-state index >= 15 is 0 Å². The van der Waals surface area contributed by atoms with Crippen molar-refractivity contribution < 1.29 is 9.53 Å². The van der Waals surface area contributed by atoms with Gasteiger partial charge in [0.05, 0.1) is 6.61 Å². The molecule has 1 heterocycles. The SMILES string of the molecule is CCOC(=O)C1(NC(C)CC)CCN(CC(C)C)CC1. The van der Waals surface area contributed by atoms with Crippen molar-refractivity contribution in [2.75, 3.05) is 26.2 Å². The number of ether oxygens (including phenoxy) is 1. The lowest BCUT2D eigenvalue weighted by Crippen LogP contribution is -2.61. The Morgan fingerprint density at radius 3 is 2.30 bits per heavy atom. The first-order valence-electron chi connectivity index (χ1n) is 8.10. The number of nitrogens with zero attached hydrogens (tertiary/aromatic N) is 1. The molecule has 0 saturated carbocycles. The third kappa shape index (κ3) is 4.74. The third-order valence-corrected chi connectivity index (χ3v) is 4.13. The molecule has 0 spiro atoms. The van der Waals surface area contributed by atoms with Crippen LogP contribution in [0.15, 0.2) is 0 Å². The number of rotatable bonds is 7. The Kier molecular flexibility index (Phi) is 6.96. The minimum absolute atomic E-state index is 0.0653. The fourth-order valence-corrected chi connectivity index (χ4v) is 2.88. The van der Waals surface area contributed by atoms with Gasteiger partial charge in [-0.15, -0.1) is 0 Å². The average Bonchev–Trinajstić information content (AvgIpc) is 2.40. The molecule has 0 radical (unpaired) electrons. The van der Waals surface area contributed by atoms with Crippen LogP contribution < -0.4 is 5.32 Å². The van der Waals surface area contributed by atoms with Crippen LogP contribution in [-0.2, 0) is 9.53 Å². The molecule has 0 aromatic carbocycles. The standard InChI is InChI=1S/C16H32N2O2/c1-6-14(5)17-16(15(19)20-7-2)8-10-18(11-9-16)12-13(3)4/h13-14,17H,6-12H2,1-5H3. The van der Waals surface area contributed by atoms with Crippen molar-refractivity contribution in [3.05, 3.63) is 0 Å². The number of hydrogen-bond acceptors (Lipinski definition) is 4. The monoisotopic (exact) mass is 284 g/mol. The minimum atomic E-state index is -0.473. The van der Waals surface area contributed by atoms with Crippen LogP contribution in [0.3, 0.4) is 0 Å². The Bertz CT molecular complexity index is 297. The summed E-state index contributed by atoms with van der Waals surface area (Å²) in [4.78, 5) is 14.9. The van der Waals surface area contributed by atoms with Crippen LogP contribution in [0.4, 0.5) is 0 Å². The second-order valence-electron chi connectivity index (χ2n) is 6.45. The van der Waals surface area contributed by atoms with Crippen molar-refractivity contribution >= 4 is 5.97 Å². The van der Waals surface area contributed by atoms with Crippen LogP contribution >= 0.6 is 0 Å². The minimum Gasteiger partial charge on any atom is -0.465 e. The summed E-state index contributed by atoms with van der Waals surface area (Å²) in [5.41, 5.74) is -0.473. The first kappa shape index (κ1) is 17.4. The molecule has 1 rings (SSSR count). The molecule has 0 aliphatic carbocycles. The molecule has 1 atom stereocenters. The van der Waals surface area contributed by atoms with E-state index in [1.165, 1.54) is 0 Å². The predicted molar refractivity (Wildman–Crippen MR) is 82.8 cm³/mol. The highest BCUT2D eigenvalue weighted by atomic mass is 16.5. The van der Waals surface area contributed by atoms with Gasteiger partial charge in [-0.1, -0.05) is 20.8 Å². The molecule has 1 N–H and O–H groups in total. The fraction of sp³-hybridized carbons (Fsp3) is 0.938. The van der Waals surface area contributed by atoms with E-state index in [4.69, 9.17) is 4.74 Å². The number of likely N-dealkylation sites (tertiary alicyclic amines) is 1. The summed E-state index contributed by atoms with van der Waals surface area (Å²) in [6.07, 6.45) is 2.72. The van der Waals surface area contributed by atoms with Gasteiger partial charge in [0.25, 0.3) is 0 Å². The van der Waals surface area contributed by atoms with E-state index in [0.29, 0.717) is 18.6 Å². The molecule has 0 aromatic rings. The molecule has 4 heteroatoms. The highest BCUT2D eigenvalue weighted by Gasteiger charge is 2.43. The summed E-state index contributed by atoms with van der Waals surface area (Å²) in [5.74, 6) is 0.608. The molecule has 0 amide bonds. The summed E-state index contributed by atoms with van der Waals surface area (Å²) >= 11 is 0. The van der Waals surface area contributed by atoms with E-state index in [2.05, 4.69) is 37.9 Å². The van der Waals surface area contributed by atoms with Gasteiger partial charge in [0.1, 0.15) is 5.54 Å². The molecule has 1 fully saturated rings. The molecule has 0 bridgehead atoms. The number of nitrogens with one attached hydrogen (secondary N) is 1. The maximum atomic E-state index is 12.4. The number of esters is 1. The van der Waals surface area contributed by atoms with Crippen LogP contribution in [-0.4, -0.2) is 48.7 Å². The van der Waals surface area contributed by atoms with E-state index in [0.717, 1.165) is 38.9 Å². The number of hydrogen-bond donors (Lipinski definition) is 1. The largest absolute Gasteiger partial charge is 0.465 e. The van der Waals surface area contributed by atoms with Crippen molar-refractivity contribution in [2.24, 2.45) is 5.92 Å². The average molecular weight is 284 g/mol. The quantitative estimate of drug-likeness (QED) is 0.729. The summed E-state index contributed by atoms with van der Waals surface area (Å²) in [6, 6.07) is 0.344. The normalized spacial score (nSPS) is 20.9. The number of carbonyl (C=O) groups excluding carboxylic acids is 1. The van der Waals surface area contributed by atoms with Gasteiger partial charge >= 0.3 is 5.97 Å². The highest BCUT2D eigenvalue weighted by molar-refractivity contribution is 5.81. The lowest BCUT2D eigenvalue weighted by atomic mass is 9.86. The van der Waals surface area contributed by atoms with E-state index < -0.39 is 5.54 Å². The van der Waals surface area contributed by atoms with Crippen molar-refractivity contribution in [2.45, 2.75) is 65.5 Å². The Morgan fingerprint density at radius 1 is 1.25 bits per heavy atom. The van der Waals surface area contributed by atoms with Gasteiger partial charge in [-0.25, -0.2) is 0 Å². The van der Waals surface area contributed by atoms with Crippen LogP contribution in [0, 0.1) is 5.92 Å². The van der Waals surface area contributed by atoms with Gasteiger partial charge in [0.2, 0.25) is 0 Å². The van der Waals surface area contributed by atoms with E-state index in [1.807, 2.05) is 6.92 Å². The third-order valence-electron chi connectivity index (χ3n) is 4.13. The fourth-order valence-electron chi connectivity index (χ4n) is 2.88. The maximum absolute atomic E-state index is 12.4. The zero-order valence-corrected chi connectivity index (χ0v) is 13.9. The molecule has 1 saturated heterocycles. The Labute approximate surface area is 124 Å². The van der Waals surface area contributed by atoms with E-state index in [1.54, 1.807) is 0 Å². The zero-order chi connectivity index (χ0) is 15.2. The zero-order valence-electron chi connectivity index (χ0n) is 13.9. The van der Waals surface area contributed by atoms with Crippen LogP contribution in [0.1, 0.15) is 53.9 Å². The van der Waals surface area contributed by atoms with Crippen molar-refractivity contribution in [1.82, 2.24) is 10.2 Å². The number of piperidine rings is 1. The van der Waals surface area contributed by atoms with Crippen molar-refractivity contribution in [1.29, 1.82) is 0 Å². The van der Waals surface area contributed by atoms with Crippen LogP contribution in [0.2, 0.25) is 0 Å². The highest BCUT2D eigenvalue weighted by Crippen LogP contribution is 2.25. The summed E-state index contributed by atoms with van der Waals surface area (Å²) in [5, 5.41) is 3.54. The maximum Gasteiger partial charge on any atom is 0.326 e. The summed E-state index contributed by atoms with van der Waals surface area (Å²) in [6.45, 7) is 14.2. The van der Waals surface area contributed by atoms with Crippen molar-refractivity contribution in [3.63, 3.8) is 0 Å². The second kappa shape index (κ2) is 7.99. The summed E-state index contributed by atoms with van der Waals surface area (Å²) < 4.78 is 5.33. The van der Waals surface area contributed by atoms with Crippen molar-refractivity contribution in [3.8, 4) is 0 Å². The molecular formula is C16H32N2O2. The van der Waals surface area contributed by atoms with Gasteiger partial charge in [-0.2, -0.15) is 0 Å². The summed E-state index contributed by atoms with van der Waals surface area (Å²) in [7, 11) is 0. The molecule has 0 aromatic heterocycles. The second-order valence-corrected chi connectivity index (χ2v) is 6.45. The molecule has 1 unspecified atom stereocenters.